The van der Waals surface area contributed by atoms with Gasteiger partial charge in [-0.05, 0) is 24.3 Å². The van der Waals surface area contributed by atoms with Crippen molar-refractivity contribution >= 4 is 33.4 Å². The lowest BCUT2D eigenvalue weighted by Crippen LogP contribution is -2.30. The zero-order chi connectivity index (χ0) is 15.8. The fraction of sp³-hybridized carbons (Fsp3) is 0.214. The van der Waals surface area contributed by atoms with Crippen LogP contribution in [0.4, 0.5) is 5.69 Å². The molecule has 0 heterocycles. The van der Waals surface area contributed by atoms with Crippen LogP contribution in [0, 0.1) is 11.3 Å². The Morgan fingerprint density at radius 1 is 1.43 bits per heavy atom. The van der Waals surface area contributed by atoms with Gasteiger partial charge in [-0.1, -0.05) is 15.9 Å². The molecular formula is C14H15BrN4O2. The van der Waals surface area contributed by atoms with Crippen molar-refractivity contribution in [3.05, 3.63) is 40.5 Å². The van der Waals surface area contributed by atoms with Crippen molar-refractivity contribution in [3.8, 4) is 6.07 Å². The number of halogens is 1. The average molecular weight is 351 g/mol. The number of anilines is 1. The van der Waals surface area contributed by atoms with Crippen LogP contribution in [-0.2, 0) is 9.59 Å². The maximum atomic E-state index is 12.0. The lowest BCUT2D eigenvalue weighted by molar-refractivity contribution is -0.126. The number of hydrogen-bond acceptors (Lipinski definition) is 4. The van der Waals surface area contributed by atoms with E-state index >= 15 is 0 Å². The normalized spacial score (nSPS) is 10.7. The molecule has 1 aromatic rings. The molecule has 0 aliphatic rings. The third-order valence-electron chi connectivity index (χ3n) is 2.53. The highest BCUT2D eigenvalue weighted by molar-refractivity contribution is 9.10. The highest BCUT2D eigenvalue weighted by Crippen LogP contribution is 2.14. The summed E-state index contributed by atoms with van der Waals surface area (Å²) in [4.78, 5) is 24.6. The van der Waals surface area contributed by atoms with Crippen molar-refractivity contribution < 1.29 is 9.59 Å². The van der Waals surface area contributed by atoms with Crippen LogP contribution >= 0.6 is 15.9 Å². The highest BCUT2D eigenvalue weighted by Gasteiger charge is 2.13. The van der Waals surface area contributed by atoms with Crippen LogP contribution in [0.3, 0.4) is 0 Å². The summed E-state index contributed by atoms with van der Waals surface area (Å²) in [6, 6.07) is 8.70. The van der Waals surface area contributed by atoms with Crippen LogP contribution in [0.5, 0.6) is 0 Å². The Labute approximate surface area is 131 Å². The van der Waals surface area contributed by atoms with Crippen LogP contribution in [0.2, 0.25) is 0 Å². The Kier molecular flexibility index (Phi) is 6.59. The third-order valence-corrected chi connectivity index (χ3v) is 3.06. The second kappa shape index (κ2) is 8.19. The molecule has 7 heteroatoms. The standard InChI is InChI=1S/C14H15BrN4O2/c1-10(20)19(7-6-16)9-11(8-17)14(21)18-13-4-2-12(15)3-5-13/h2-5,9H,6-7,16H2,1H3,(H,18,21)/b11-9-. The monoisotopic (exact) mass is 350 g/mol. The Hall–Kier alpha value is -2.17. The molecular weight excluding hydrogens is 336 g/mol. The van der Waals surface area contributed by atoms with Crippen molar-refractivity contribution in [1.29, 1.82) is 5.26 Å². The molecule has 0 unspecified atom stereocenters. The fourth-order valence-electron chi connectivity index (χ4n) is 1.48. The summed E-state index contributed by atoms with van der Waals surface area (Å²) < 4.78 is 0.877. The molecule has 0 fully saturated rings. The van der Waals surface area contributed by atoms with E-state index in [0.29, 0.717) is 5.69 Å². The maximum absolute atomic E-state index is 12.0. The van der Waals surface area contributed by atoms with Crippen molar-refractivity contribution in [1.82, 2.24) is 4.90 Å². The second-order valence-corrected chi connectivity index (χ2v) is 5.03. The van der Waals surface area contributed by atoms with E-state index in [4.69, 9.17) is 11.0 Å². The molecule has 0 aliphatic heterocycles. The Bertz CT molecular complexity index is 590. The number of rotatable bonds is 5. The Balaban J connectivity index is 2.88. The van der Waals surface area contributed by atoms with Gasteiger partial charge in [0, 0.05) is 36.4 Å². The minimum atomic E-state index is -0.580. The quantitative estimate of drug-likeness (QED) is 0.622. The topological polar surface area (TPSA) is 99.2 Å². The molecule has 2 amide bonds. The molecule has 0 saturated heterocycles. The largest absolute Gasteiger partial charge is 0.329 e. The van der Waals surface area contributed by atoms with Gasteiger partial charge < -0.3 is 16.0 Å². The minimum absolute atomic E-state index is 0.165. The molecule has 110 valence electrons. The summed E-state index contributed by atoms with van der Waals surface area (Å²) >= 11 is 3.29. The van der Waals surface area contributed by atoms with Crippen molar-refractivity contribution in [2.75, 3.05) is 18.4 Å². The van der Waals surface area contributed by atoms with Crippen molar-refractivity contribution in [2.24, 2.45) is 5.73 Å². The number of benzene rings is 1. The maximum Gasteiger partial charge on any atom is 0.267 e. The molecule has 0 bridgehead atoms. The summed E-state index contributed by atoms with van der Waals surface area (Å²) in [7, 11) is 0. The first-order valence-corrected chi connectivity index (χ1v) is 6.93. The molecule has 0 aromatic heterocycles. The number of hydrogen-bond donors (Lipinski definition) is 2. The van der Waals surface area contributed by atoms with Gasteiger partial charge in [0.2, 0.25) is 5.91 Å². The highest BCUT2D eigenvalue weighted by atomic mass is 79.9. The van der Waals surface area contributed by atoms with Gasteiger partial charge in [-0.2, -0.15) is 5.26 Å². The SMILES string of the molecule is CC(=O)N(/C=C(/C#N)C(=O)Nc1ccc(Br)cc1)CCN. The molecule has 1 aromatic carbocycles. The first-order chi connectivity index (χ1) is 9.97. The number of carbonyl (C=O) groups excluding carboxylic acids is 2. The van der Waals surface area contributed by atoms with E-state index in [0.717, 1.165) is 4.47 Å². The van der Waals surface area contributed by atoms with Crippen molar-refractivity contribution in [2.45, 2.75) is 6.92 Å². The third kappa shape index (κ3) is 5.38. The Morgan fingerprint density at radius 3 is 2.52 bits per heavy atom. The Morgan fingerprint density at radius 2 is 2.05 bits per heavy atom. The lowest BCUT2D eigenvalue weighted by Gasteiger charge is -2.15. The predicted octanol–water partition coefficient (Wildman–Crippen LogP) is 1.60. The summed E-state index contributed by atoms with van der Waals surface area (Å²) in [5, 5.41) is 11.6. The minimum Gasteiger partial charge on any atom is -0.329 e. The van der Waals surface area contributed by atoms with Crippen LogP contribution in [0.25, 0.3) is 0 Å². The summed E-state index contributed by atoms with van der Waals surface area (Å²) in [6.07, 6.45) is 1.21. The first-order valence-electron chi connectivity index (χ1n) is 6.14. The average Bonchev–Trinajstić information content (AvgIpc) is 2.45. The van der Waals surface area contributed by atoms with Gasteiger partial charge in [-0.3, -0.25) is 9.59 Å². The smallest absolute Gasteiger partial charge is 0.267 e. The van der Waals surface area contributed by atoms with E-state index < -0.39 is 5.91 Å². The van der Waals surface area contributed by atoms with Crippen LogP contribution in [0.15, 0.2) is 40.5 Å². The molecule has 6 nitrogen and oxygen atoms in total. The summed E-state index contributed by atoms with van der Waals surface area (Å²) in [5.41, 5.74) is 5.78. The molecule has 21 heavy (non-hydrogen) atoms. The lowest BCUT2D eigenvalue weighted by atomic mass is 10.2. The summed E-state index contributed by atoms with van der Waals surface area (Å²) in [5.74, 6) is -0.868. The van der Waals surface area contributed by atoms with Crippen LogP contribution in [-0.4, -0.2) is 29.8 Å². The van der Waals surface area contributed by atoms with E-state index in [-0.39, 0.29) is 24.6 Å². The number of nitrogens with zero attached hydrogens (tertiary/aromatic N) is 2. The zero-order valence-corrected chi connectivity index (χ0v) is 13.1. The van der Waals surface area contributed by atoms with E-state index in [9.17, 15) is 9.59 Å². The van der Waals surface area contributed by atoms with E-state index in [2.05, 4.69) is 21.2 Å². The van der Waals surface area contributed by atoms with Gasteiger partial charge in [0.05, 0.1) is 0 Å². The summed E-state index contributed by atoms with van der Waals surface area (Å²) in [6.45, 7) is 1.82. The van der Waals surface area contributed by atoms with Crippen molar-refractivity contribution in [3.63, 3.8) is 0 Å². The van der Waals surface area contributed by atoms with Gasteiger partial charge in [-0.25, -0.2) is 0 Å². The van der Waals surface area contributed by atoms with Gasteiger partial charge >= 0.3 is 0 Å². The van der Waals surface area contributed by atoms with Crippen LogP contribution in [0.1, 0.15) is 6.92 Å². The second-order valence-electron chi connectivity index (χ2n) is 4.12. The zero-order valence-electron chi connectivity index (χ0n) is 11.5. The molecule has 0 spiro atoms. The number of nitriles is 1. The molecule has 0 saturated carbocycles. The number of nitrogens with two attached hydrogens (primary N) is 1. The molecule has 0 aliphatic carbocycles. The van der Waals surface area contributed by atoms with E-state index in [1.54, 1.807) is 30.3 Å². The molecule has 1 rings (SSSR count). The first kappa shape index (κ1) is 16.9. The number of amides is 2. The molecule has 3 N–H and O–H groups in total. The number of nitrogens with one attached hydrogen (secondary N) is 1. The van der Waals surface area contributed by atoms with Gasteiger partial charge in [-0.15, -0.1) is 0 Å². The van der Waals surface area contributed by atoms with Gasteiger partial charge in [0.25, 0.3) is 5.91 Å². The van der Waals surface area contributed by atoms with E-state index in [1.807, 2.05) is 0 Å². The predicted molar refractivity (Wildman–Crippen MR) is 82.9 cm³/mol. The molecule has 0 atom stereocenters. The van der Waals surface area contributed by atoms with Gasteiger partial charge in [0.15, 0.2) is 0 Å². The molecule has 0 radical (unpaired) electrons. The van der Waals surface area contributed by atoms with E-state index in [1.165, 1.54) is 18.0 Å². The van der Waals surface area contributed by atoms with Gasteiger partial charge in [0.1, 0.15) is 11.6 Å². The number of carbonyl (C=O) groups is 2. The van der Waals surface area contributed by atoms with Crippen LogP contribution < -0.4 is 11.1 Å². The fourth-order valence-corrected chi connectivity index (χ4v) is 1.74.